The van der Waals surface area contributed by atoms with Crippen molar-refractivity contribution < 1.29 is 4.79 Å². The number of carbonyl (C=O) groups excluding carboxylic acids is 1. The minimum atomic E-state index is 0.0950. The first-order chi connectivity index (χ1) is 9.69. The lowest BCUT2D eigenvalue weighted by molar-refractivity contribution is 0.0645. The van der Waals surface area contributed by atoms with Gasteiger partial charge < -0.3 is 20.5 Å². The highest BCUT2D eigenvalue weighted by Crippen LogP contribution is 2.22. The zero-order valence-electron chi connectivity index (χ0n) is 11.7. The van der Waals surface area contributed by atoms with Crippen molar-refractivity contribution in [2.45, 2.75) is 6.92 Å². The number of benzene rings is 1. The van der Waals surface area contributed by atoms with Crippen LogP contribution >= 0.6 is 0 Å². The fraction of sp³-hybridized carbons (Fsp3) is 0.400. The number of nitrogen functional groups attached to an aromatic ring is 1. The van der Waals surface area contributed by atoms with Gasteiger partial charge in [-0.05, 0) is 24.7 Å². The lowest BCUT2D eigenvalue weighted by atomic mass is 10.1. The minimum Gasteiger partial charge on any atom is -0.399 e. The number of carbonyl (C=O) groups is 1. The highest BCUT2D eigenvalue weighted by Gasteiger charge is 2.23. The van der Waals surface area contributed by atoms with Crippen LogP contribution < -0.4 is 5.73 Å². The van der Waals surface area contributed by atoms with Crippen molar-refractivity contribution in [1.82, 2.24) is 14.8 Å². The minimum absolute atomic E-state index is 0.0950. The summed E-state index contributed by atoms with van der Waals surface area (Å²) >= 11 is 0. The molecular formula is C15H20N4O. The van der Waals surface area contributed by atoms with Gasteiger partial charge in [0.05, 0.1) is 5.56 Å². The van der Waals surface area contributed by atoms with Crippen LogP contribution in [0.2, 0.25) is 0 Å². The Labute approximate surface area is 118 Å². The van der Waals surface area contributed by atoms with E-state index in [1.807, 2.05) is 23.1 Å². The molecule has 1 saturated heterocycles. The molecule has 0 radical (unpaired) electrons. The molecule has 20 heavy (non-hydrogen) atoms. The number of H-pyrrole nitrogens is 1. The molecule has 1 aromatic heterocycles. The summed E-state index contributed by atoms with van der Waals surface area (Å²) in [6.07, 6.45) is 1.79. The van der Waals surface area contributed by atoms with Gasteiger partial charge >= 0.3 is 0 Å². The molecule has 2 heterocycles. The molecule has 0 unspecified atom stereocenters. The number of amides is 1. The van der Waals surface area contributed by atoms with Crippen LogP contribution in [0.3, 0.4) is 0 Å². The first-order valence-corrected chi connectivity index (χ1v) is 7.07. The highest BCUT2D eigenvalue weighted by atomic mass is 16.2. The Kier molecular flexibility index (Phi) is 3.36. The summed E-state index contributed by atoms with van der Waals surface area (Å²) < 4.78 is 0. The molecule has 1 fully saturated rings. The average Bonchev–Trinajstić information content (AvgIpc) is 2.89. The van der Waals surface area contributed by atoms with E-state index in [4.69, 9.17) is 5.73 Å². The van der Waals surface area contributed by atoms with E-state index in [0.717, 1.165) is 49.2 Å². The van der Waals surface area contributed by atoms with Crippen molar-refractivity contribution in [2.75, 3.05) is 38.5 Å². The Bertz CT molecular complexity index is 626. The molecule has 0 atom stereocenters. The number of likely N-dealkylation sites (N-methyl/N-ethyl adjacent to an activating group) is 1. The number of fused-ring (bicyclic) bond motifs is 1. The summed E-state index contributed by atoms with van der Waals surface area (Å²) in [6.45, 7) is 6.69. The van der Waals surface area contributed by atoms with Gasteiger partial charge in [0.15, 0.2) is 0 Å². The quantitative estimate of drug-likeness (QED) is 0.815. The van der Waals surface area contributed by atoms with Gasteiger partial charge in [-0.3, -0.25) is 4.79 Å². The molecule has 0 bridgehead atoms. The Morgan fingerprint density at radius 3 is 2.75 bits per heavy atom. The second-order valence-corrected chi connectivity index (χ2v) is 5.23. The number of aromatic nitrogens is 1. The molecule has 1 aliphatic rings. The molecule has 2 aromatic rings. The van der Waals surface area contributed by atoms with Crippen LogP contribution in [0.4, 0.5) is 5.69 Å². The van der Waals surface area contributed by atoms with Gasteiger partial charge in [0.1, 0.15) is 0 Å². The number of nitrogens with zero attached hydrogens (tertiary/aromatic N) is 2. The summed E-state index contributed by atoms with van der Waals surface area (Å²) in [7, 11) is 0. The monoisotopic (exact) mass is 272 g/mol. The van der Waals surface area contributed by atoms with Gasteiger partial charge in [0, 0.05) is 49.0 Å². The van der Waals surface area contributed by atoms with E-state index >= 15 is 0 Å². The molecule has 0 saturated carbocycles. The maximum absolute atomic E-state index is 12.6. The normalized spacial score (nSPS) is 16.8. The van der Waals surface area contributed by atoms with Crippen LogP contribution in [0.1, 0.15) is 17.3 Å². The average molecular weight is 272 g/mol. The van der Waals surface area contributed by atoms with Gasteiger partial charge in [0.25, 0.3) is 5.91 Å². The van der Waals surface area contributed by atoms with Crippen molar-refractivity contribution in [2.24, 2.45) is 0 Å². The maximum atomic E-state index is 12.6. The summed E-state index contributed by atoms with van der Waals surface area (Å²) in [5.41, 5.74) is 8.18. The summed E-state index contributed by atoms with van der Waals surface area (Å²) in [4.78, 5) is 20.1. The zero-order chi connectivity index (χ0) is 14.1. The van der Waals surface area contributed by atoms with Gasteiger partial charge in [-0.1, -0.05) is 6.92 Å². The largest absolute Gasteiger partial charge is 0.399 e. The number of rotatable bonds is 2. The molecule has 1 aliphatic heterocycles. The predicted octanol–water partition coefficient (Wildman–Crippen LogP) is 1.53. The fourth-order valence-corrected chi connectivity index (χ4v) is 2.75. The van der Waals surface area contributed by atoms with Gasteiger partial charge in [-0.25, -0.2) is 0 Å². The molecular weight excluding hydrogens is 252 g/mol. The lowest BCUT2D eigenvalue weighted by Crippen LogP contribution is -2.48. The van der Waals surface area contributed by atoms with Gasteiger partial charge in [0.2, 0.25) is 0 Å². The van der Waals surface area contributed by atoms with Crippen molar-refractivity contribution in [3.8, 4) is 0 Å². The molecule has 0 aliphatic carbocycles. The smallest absolute Gasteiger partial charge is 0.256 e. The second-order valence-electron chi connectivity index (χ2n) is 5.23. The van der Waals surface area contributed by atoms with Crippen molar-refractivity contribution in [1.29, 1.82) is 0 Å². The van der Waals surface area contributed by atoms with E-state index in [2.05, 4.69) is 16.8 Å². The van der Waals surface area contributed by atoms with Crippen molar-refractivity contribution in [3.05, 3.63) is 30.0 Å². The van der Waals surface area contributed by atoms with Gasteiger partial charge in [-0.2, -0.15) is 0 Å². The number of aromatic amines is 1. The Hall–Kier alpha value is -2.01. The third kappa shape index (κ3) is 2.25. The zero-order valence-corrected chi connectivity index (χ0v) is 11.7. The molecule has 3 N–H and O–H groups in total. The van der Waals surface area contributed by atoms with E-state index < -0.39 is 0 Å². The summed E-state index contributed by atoms with van der Waals surface area (Å²) in [5, 5.41) is 0.910. The van der Waals surface area contributed by atoms with Crippen LogP contribution in [0.5, 0.6) is 0 Å². The molecule has 5 heteroatoms. The highest BCUT2D eigenvalue weighted by molar-refractivity contribution is 6.07. The van der Waals surface area contributed by atoms with Crippen molar-refractivity contribution >= 4 is 22.5 Å². The number of anilines is 1. The SMILES string of the molecule is CCN1CCN(C(=O)c2c[nH]c3ccc(N)cc23)CC1. The first kappa shape index (κ1) is 13.0. The topological polar surface area (TPSA) is 65.4 Å². The third-order valence-electron chi connectivity index (χ3n) is 4.04. The molecule has 1 amide bonds. The molecule has 0 spiro atoms. The molecule has 106 valence electrons. The van der Waals surface area contributed by atoms with Crippen LogP contribution in [0.15, 0.2) is 24.4 Å². The molecule has 1 aromatic carbocycles. The summed E-state index contributed by atoms with van der Waals surface area (Å²) in [5.74, 6) is 0.0950. The van der Waals surface area contributed by atoms with Crippen LogP contribution in [0.25, 0.3) is 10.9 Å². The van der Waals surface area contributed by atoms with E-state index in [0.29, 0.717) is 5.69 Å². The van der Waals surface area contributed by atoms with Crippen molar-refractivity contribution in [3.63, 3.8) is 0 Å². The molecule has 5 nitrogen and oxygen atoms in total. The standard InChI is InChI=1S/C15H20N4O/c1-2-18-5-7-19(8-6-18)15(20)13-10-17-14-4-3-11(16)9-12(13)14/h3-4,9-10,17H,2,5-8,16H2,1H3. The summed E-state index contributed by atoms with van der Waals surface area (Å²) in [6, 6.07) is 5.62. The van der Waals surface area contributed by atoms with Crippen LogP contribution in [-0.2, 0) is 0 Å². The fourth-order valence-electron chi connectivity index (χ4n) is 2.75. The Balaban J connectivity index is 1.84. The number of hydrogen-bond donors (Lipinski definition) is 2. The van der Waals surface area contributed by atoms with E-state index in [9.17, 15) is 4.79 Å². The number of nitrogens with two attached hydrogens (primary N) is 1. The number of nitrogens with one attached hydrogen (secondary N) is 1. The van der Waals surface area contributed by atoms with E-state index in [1.54, 1.807) is 6.20 Å². The predicted molar refractivity (Wildman–Crippen MR) is 80.7 cm³/mol. The number of piperazine rings is 1. The van der Waals surface area contributed by atoms with Crippen LogP contribution in [0, 0.1) is 0 Å². The number of hydrogen-bond acceptors (Lipinski definition) is 3. The first-order valence-electron chi connectivity index (χ1n) is 7.07. The Morgan fingerprint density at radius 2 is 2.05 bits per heavy atom. The second kappa shape index (κ2) is 5.17. The lowest BCUT2D eigenvalue weighted by Gasteiger charge is -2.34. The third-order valence-corrected chi connectivity index (χ3v) is 4.04. The van der Waals surface area contributed by atoms with Gasteiger partial charge in [-0.15, -0.1) is 0 Å². The molecule has 3 rings (SSSR count). The van der Waals surface area contributed by atoms with E-state index in [1.165, 1.54) is 0 Å². The Morgan fingerprint density at radius 1 is 1.30 bits per heavy atom. The maximum Gasteiger partial charge on any atom is 0.256 e. The van der Waals surface area contributed by atoms with Crippen LogP contribution in [-0.4, -0.2) is 53.4 Å². The van der Waals surface area contributed by atoms with E-state index in [-0.39, 0.29) is 5.91 Å².